The molecule has 0 saturated heterocycles. The topological polar surface area (TPSA) is 37.3 Å². The van der Waals surface area contributed by atoms with Gasteiger partial charge in [-0.3, -0.25) is 0 Å². The van der Waals surface area contributed by atoms with Crippen LogP contribution in [0.15, 0.2) is 36.4 Å². The molecular weight excluding hydrogens is 223 g/mol. The van der Waals surface area contributed by atoms with Crippen LogP contribution < -0.4 is 0 Å². The number of aliphatic carboxylic acids is 1. The number of hydrogen-bond donors (Lipinski definition) is 1. The molecule has 0 fully saturated rings. The van der Waals surface area contributed by atoms with Crippen molar-refractivity contribution in [3.8, 4) is 0 Å². The highest BCUT2D eigenvalue weighted by atomic mass is 35.5. The van der Waals surface area contributed by atoms with Crippen molar-refractivity contribution in [2.45, 2.75) is 6.92 Å². The summed E-state index contributed by atoms with van der Waals surface area (Å²) in [6.07, 6.45) is 0. The Balaban J connectivity index is 0.000000255. The summed E-state index contributed by atoms with van der Waals surface area (Å²) in [6.45, 7) is 4.60. The monoisotopic (exact) mass is 232 g/mol. The first-order valence-electron chi connectivity index (χ1n) is 3.73. The Labute approximate surface area is 92.8 Å². The number of hydrogen-bond acceptors (Lipinski definition) is 1. The molecule has 1 aromatic carbocycles. The summed E-state index contributed by atoms with van der Waals surface area (Å²) >= 11 is 11.1. The molecule has 0 heterocycles. The SMILES string of the molecule is C=C(C)C(=O)O.Clc1cccc(Cl)c1. The Hall–Kier alpha value is -0.990. The van der Waals surface area contributed by atoms with Crippen LogP contribution in [-0.2, 0) is 4.79 Å². The number of rotatable bonds is 1. The van der Waals surface area contributed by atoms with Crippen LogP contribution in [0.3, 0.4) is 0 Å². The molecule has 0 spiro atoms. The lowest BCUT2D eigenvalue weighted by Gasteiger charge is -1.86. The van der Waals surface area contributed by atoms with E-state index in [0.717, 1.165) is 0 Å². The van der Waals surface area contributed by atoms with E-state index in [9.17, 15) is 4.79 Å². The maximum Gasteiger partial charge on any atom is 0.330 e. The van der Waals surface area contributed by atoms with Gasteiger partial charge in [-0.1, -0.05) is 35.8 Å². The third kappa shape index (κ3) is 6.52. The highest BCUT2D eigenvalue weighted by Crippen LogP contribution is 2.13. The van der Waals surface area contributed by atoms with Crippen molar-refractivity contribution in [3.63, 3.8) is 0 Å². The number of carbonyl (C=O) groups is 1. The average Bonchev–Trinajstić information content (AvgIpc) is 2.04. The second kappa shape index (κ2) is 6.46. The molecule has 0 atom stereocenters. The molecule has 0 radical (unpaired) electrons. The van der Waals surface area contributed by atoms with Gasteiger partial charge in [-0.2, -0.15) is 0 Å². The van der Waals surface area contributed by atoms with Crippen molar-refractivity contribution in [2.24, 2.45) is 0 Å². The second-order valence-electron chi connectivity index (χ2n) is 2.53. The Kier molecular flexibility index (Phi) is 6.00. The van der Waals surface area contributed by atoms with Crippen LogP contribution >= 0.6 is 23.2 Å². The van der Waals surface area contributed by atoms with Crippen molar-refractivity contribution < 1.29 is 9.90 Å². The van der Waals surface area contributed by atoms with Gasteiger partial charge >= 0.3 is 5.97 Å². The van der Waals surface area contributed by atoms with Gasteiger partial charge < -0.3 is 5.11 Å². The molecule has 0 aliphatic rings. The minimum absolute atomic E-state index is 0.176. The van der Waals surface area contributed by atoms with E-state index < -0.39 is 5.97 Å². The quantitative estimate of drug-likeness (QED) is 0.752. The van der Waals surface area contributed by atoms with E-state index in [2.05, 4.69) is 6.58 Å². The molecule has 76 valence electrons. The third-order valence-corrected chi connectivity index (χ3v) is 1.62. The van der Waals surface area contributed by atoms with E-state index in [0.29, 0.717) is 10.0 Å². The number of carboxylic acids is 1. The van der Waals surface area contributed by atoms with E-state index in [4.69, 9.17) is 28.3 Å². The molecule has 0 amide bonds. The van der Waals surface area contributed by atoms with Crippen LogP contribution in [-0.4, -0.2) is 11.1 Å². The van der Waals surface area contributed by atoms with Crippen molar-refractivity contribution in [2.75, 3.05) is 0 Å². The summed E-state index contributed by atoms with van der Waals surface area (Å²) < 4.78 is 0. The van der Waals surface area contributed by atoms with Crippen LogP contribution in [0.4, 0.5) is 0 Å². The first-order chi connectivity index (χ1) is 6.43. The highest BCUT2D eigenvalue weighted by molar-refractivity contribution is 6.34. The molecule has 0 aliphatic carbocycles. The fourth-order valence-corrected chi connectivity index (χ4v) is 0.896. The molecular formula is C10H10Cl2O2. The summed E-state index contributed by atoms with van der Waals surface area (Å²) in [7, 11) is 0. The van der Waals surface area contributed by atoms with E-state index in [-0.39, 0.29) is 5.57 Å². The lowest BCUT2D eigenvalue weighted by molar-refractivity contribution is -0.132. The van der Waals surface area contributed by atoms with E-state index >= 15 is 0 Å². The van der Waals surface area contributed by atoms with Gasteiger partial charge in [-0.15, -0.1) is 0 Å². The van der Waals surface area contributed by atoms with Crippen molar-refractivity contribution in [3.05, 3.63) is 46.5 Å². The molecule has 1 aromatic rings. The predicted octanol–water partition coefficient (Wildman–Crippen LogP) is 3.64. The molecule has 0 unspecified atom stereocenters. The largest absolute Gasteiger partial charge is 0.478 e. The molecule has 1 rings (SSSR count). The fourth-order valence-electron chi connectivity index (χ4n) is 0.460. The second-order valence-corrected chi connectivity index (χ2v) is 3.40. The maximum atomic E-state index is 9.60. The van der Waals surface area contributed by atoms with Crippen molar-refractivity contribution in [1.82, 2.24) is 0 Å². The summed E-state index contributed by atoms with van der Waals surface area (Å²) in [5, 5.41) is 9.25. The van der Waals surface area contributed by atoms with Crippen LogP contribution in [0.2, 0.25) is 10.0 Å². The minimum atomic E-state index is -0.935. The zero-order valence-electron chi connectivity index (χ0n) is 7.63. The van der Waals surface area contributed by atoms with Crippen LogP contribution in [0.25, 0.3) is 0 Å². The molecule has 0 aromatic heterocycles. The smallest absolute Gasteiger partial charge is 0.330 e. The summed E-state index contributed by atoms with van der Waals surface area (Å²) in [4.78, 5) is 9.60. The van der Waals surface area contributed by atoms with Crippen LogP contribution in [0, 0.1) is 0 Å². The van der Waals surface area contributed by atoms with Crippen molar-refractivity contribution in [1.29, 1.82) is 0 Å². The molecule has 0 saturated carbocycles. The van der Waals surface area contributed by atoms with Gasteiger partial charge in [0.15, 0.2) is 0 Å². The third-order valence-electron chi connectivity index (χ3n) is 1.15. The Morgan fingerprint density at radius 2 is 1.71 bits per heavy atom. The lowest BCUT2D eigenvalue weighted by atomic mass is 10.4. The molecule has 14 heavy (non-hydrogen) atoms. The predicted molar refractivity (Wildman–Crippen MR) is 58.9 cm³/mol. The van der Waals surface area contributed by atoms with E-state index in [1.54, 1.807) is 18.2 Å². The standard InChI is InChI=1S/C6H4Cl2.C4H6O2/c7-5-2-1-3-6(8)4-5;1-3(2)4(5)6/h1-4H;1H2,2H3,(H,5,6). The van der Waals surface area contributed by atoms with Crippen molar-refractivity contribution >= 4 is 29.2 Å². The van der Waals surface area contributed by atoms with Gasteiger partial charge in [0.2, 0.25) is 0 Å². The normalized spacial score (nSPS) is 8.50. The molecule has 2 nitrogen and oxygen atoms in total. The van der Waals surface area contributed by atoms with E-state index in [1.807, 2.05) is 6.07 Å². The van der Waals surface area contributed by atoms with Crippen LogP contribution in [0.1, 0.15) is 6.92 Å². The summed E-state index contributed by atoms with van der Waals surface area (Å²) in [5.41, 5.74) is 0.176. The molecule has 0 aliphatic heterocycles. The van der Waals surface area contributed by atoms with Gasteiger partial charge in [-0.25, -0.2) is 4.79 Å². The first-order valence-corrected chi connectivity index (χ1v) is 4.49. The van der Waals surface area contributed by atoms with Gasteiger partial charge in [0.25, 0.3) is 0 Å². The summed E-state index contributed by atoms with van der Waals surface area (Å²) in [5.74, 6) is -0.935. The summed E-state index contributed by atoms with van der Waals surface area (Å²) in [6, 6.07) is 7.08. The molecule has 0 bridgehead atoms. The Morgan fingerprint density at radius 1 is 1.36 bits per heavy atom. The average molecular weight is 233 g/mol. The Morgan fingerprint density at radius 3 is 1.86 bits per heavy atom. The lowest BCUT2D eigenvalue weighted by Crippen LogP contribution is -1.92. The zero-order valence-corrected chi connectivity index (χ0v) is 9.14. The van der Waals surface area contributed by atoms with E-state index in [1.165, 1.54) is 6.92 Å². The molecule has 1 N–H and O–H groups in total. The first kappa shape index (κ1) is 13.0. The number of carboxylic acid groups (broad SMARTS) is 1. The number of benzene rings is 1. The highest BCUT2D eigenvalue weighted by Gasteiger charge is 1.90. The maximum absolute atomic E-state index is 9.60. The zero-order chi connectivity index (χ0) is 11.1. The van der Waals surface area contributed by atoms with Gasteiger partial charge in [0, 0.05) is 15.6 Å². The van der Waals surface area contributed by atoms with Crippen LogP contribution in [0.5, 0.6) is 0 Å². The Bertz CT molecular complexity index is 305. The number of halogens is 2. The molecule has 4 heteroatoms. The van der Waals surface area contributed by atoms with Gasteiger partial charge in [0.05, 0.1) is 0 Å². The van der Waals surface area contributed by atoms with Gasteiger partial charge in [0.1, 0.15) is 0 Å². The fraction of sp³-hybridized carbons (Fsp3) is 0.100. The minimum Gasteiger partial charge on any atom is -0.478 e. The van der Waals surface area contributed by atoms with Gasteiger partial charge in [-0.05, 0) is 25.1 Å².